The van der Waals surface area contributed by atoms with Gasteiger partial charge < -0.3 is 19.1 Å². The Morgan fingerprint density at radius 2 is 1.76 bits per heavy atom. The number of methoxy groups -OCH3 is 2. The van der Waals surface area contributed by atoms with Gasteiger partial charge in [0.1, 0.15) is 5.71 Å². The first-order valence-corrected chi connectivity index (χ1v) is 8.53. The van der Waals surface area contributed by atoms with E-state index in [1.165, 1.54) is 20.3 Å². The maximum Gasteiger partial charge on any atom is 0.305 e. The van der Waals surface area contributed by atoms with E-state index in [9.17, 15) is 9.59 Å². The summed E-state index contributed by atoms with van der Waals surface area (Å²) in [5.74, 6) is 0.164. The summed E-state index contributed by atoms with van der Waals surface area (Å²) in [5, 5.41) is 8.04. The number of hydrogen-bond donors (Lipinski definition) is 1. The first-order chi connectivity index (χ1) is 12.0. The molecule has 25 heavy (non-hydrogen) atoms. The molecule has 1 fully saturated rings. The Balaban J connectivity index is 2.63. The largest absolute Gasteiger partial charge is 0.493 e. The van der Waals surface area contributed by atoms with E-state index in [2.05, 4.69) is 4.74 Å². The van der Waals surface area contributed by atoms with E-state index in [0.29, 0.717) is 37.6 Å². The van der Waals surface area contributed by atoms with Crippen LogP contribution in [0.4, 0.5) is 0 Å². The van der Waals surface area contributed by atoms with Gasteiger partial charge in [-0.15, -0.1) is 0 Å². The summed E-state index contributed by atoms with van der Waals surface area (Å²) in [6, 6.07) is 0. The van der Waals surface area contributed by atoms with Crippen LogP contribution in [0.2, 0.25) is 0 Å². The SMILES string of the molecule is C/C=C(OCCCC(=O)OC)\C(=C/C(=N)C(=O)N1CCCCC1)OC. The summed E-state index contributed by atoms with van der Waals surface area (Å²) < 4.78 is 15.5. The minimum absolute atomic E-state index is 0.128. The first-order valence-electron chi connectivity index (χ1n) is 8.53. The van der Waals surface area contributed by atoms with Gasteiger partial charge in [0.2, 0.25) is 0 Å². The average Bonchev–Trinajstić information content (AvgIpc) is 2.66. The number of allylic oxidation sites excluding steroid dienone is 1. The number of nitrogens with zero attached hydrogens (tertiary/aromatic N) is 1. The van der Waals surface area contributed by atoms with Gasteiger partial charge in [-0.25, -0.2) is 0 Å². The maximum absolute atomic E-state index is 12.3. The highest BCUT2D eigenvalue weighted by molar-refractivity contribution is 6.42. The van der Waals surface area contributed by atoms with E-state index in [4.69, 9.17) is 14.9 Å². The van der Waals surface area contributed by atoms with Crippen LogP contribution < -0.4 is 0 Å². The molecule has 0 unspecified atom stereocenters. The molecule has 1 rings (SSSR count). The highest BCUT2D eigenvalue weighted by atomic mass is 16.5. The van der Waals surface area contributed by atoms with E-state index in [1.807, 2.05) is 0 Å². The van der Waals surface area contributed by atoms with Crippen molar-refractivity contribution in [3.8, 4) is 0 Å². The van der Waals surface area contributed by atoms with Crippen LogP contribution in [-0.2, 0) is 23.8 Å². The molecule has 1 heterocycles. The molecule has 1 saturated heterocycles. The third-order valence-corrected chi connectivity index (χ3v) is 3.88. The number of amides is 1. The van der Waals surface area contributed by atoms with Crippen molar-refractivity contribution in [1.82, 2.24) is 4.90 Å². The van der Waals surface area contributed by atoms with Gasteiger partial charge in [0.15, 0.2) is 11.5 Å². The molecule has 1 N–H and O–H groups in total. The summed E-state index contributed by atoms with van der Waals surface area (Å²) in [4.78, 5) is 25.1. The fourth-order valence-electron chi connectivity index (χ4n) is 2.49. The second-order valence-corrected chi connectivity index (χ2v) is 5.66. The Morgan fingerprint density at radius 1 is 1.08 bits per heavy atom. The minimum atomic E-state index is -0.296. The predicted octanol–water partition coefficient (Wildman–Crippen LogP) is 2.42. The zero-order valence-electron chi connectivity index (χ0n) is 15.3. The monoisotopic (exact) mass is 352 g/mol. The summed E-state index contributed by atoms with van der Waals surface area (Å²) >= 11 is 0. The Hall–Kier alpha value is -2.31. The van der Waals surface area contributed by atoms with Gasteiger partial charge in [0.25, 0.3) is 5.91 Å². The number of hydrogen-bond acceptors (Lipinski definition) is 6. The molecule has 1 aliphatic heterocycles. The lowest BCUT2D eigenvalue weighted by atomic mass is 10.1. The van der Waals surface area contributed by atoms with Gasteiger partial charge in [-0.2, -0.15) is 0 Å². The lowest BCUT2D eigenvalue weighted by Gasteiger charge is -2.26. The highest BCUT2D eigenvalue weighted by Gasteiger charge is 2.20. The van der Waals surface area contributed by atoms with Crippen molar-refractivity contribution in [2.45, 2.75) is 39.0 Å². The molecule has 0 aromatic heterocycles. The fraction of sp³-hybridized carbons (Fsp3) is 0.611. The number of piperidine rings is 1. The summed E-state index contributed by atoms with van der Waals surface area (Å²) in [6.45, 7) is 3.47. The smallest absolute Gasteiger partial charge is 0.305 e. The number of carbonyl (C=O) groups is 2. The zero-order chi connectivity index (χ0) is 18.7. The molecular weight excluding hydrogens is 324 g/mol. The molecule has 1 amide bonds. The van der Waals surface area contributed by atoms with Crippen molar-refractivity contribution in [1.29, 1.82) is 5.41 Å². The topological polar surface area (TPSA) is 88.9 Å². The van der Waals surface area contributed by atoms with Crippen LogP contribution in [0.25, 0.3) is 0 Å². The molecule has 0 radical (unpaired) electrons. The normalized spacial score (nSPS) is 15.6. The average molecular weight is 352 g/mol. The maximum atomic E-state index is 12.3. The molecule has 0 saturated carbocycles. The summed E-state index contributed by atoms with van der Waals surface area (Å²) in [6.07, 6.45) is 6.93. The van der Waals surface area contributed by atoms with E-state index >= 15 is 0 Å². The molecule has 0 spiro atoms. The van der Waals surface area contributed by atoms with Crippen molar-refractivity contribution < 1.29 is 23.8 Å². The van der Waals surface area contributed by atoms with Crippen LogP contribution >= 0.6 is 0 Å². The van der Waals surface area contributed by atoms with Crippen molar-refractivity contribution in [2.24, 2.45) is 0 Å². The molecule has 0 aromatic carbocycles. The second kappa shape index (κ2) is 11.3. The van der Waals surface area contributed by atoms with Crippen molar-refractivity contribution in [3.05, 3.63) is 23.7 Å². The predicted molar refractivity (Wildman–Crippen MR) is 94.2 cm³/mol. The molecule has 0 aliphatic carbocycles. The van der Waals surface area contributed by atoms with Crippen molar-refractivity contribution in [3.63, 3.8) is 0 Å². The molecule has 0 aromatic rings. The number of rotatable bonds is 9. The lowest BCUT2D eigenvalue weighted by molar-refractivity contribution is -0.140. The third kappa shape index (κ3) is 6.99. The Kier molecular flexibility index (Phi) is 9.36. The van der Waals surface area contributed by atoms with Crippen LogP contribution in [0.15, 0.2) is 23.7 Å². The molecule has 7 nitrogen and oxygen atoms in total. The second-order valence-electron chi connectivity index (χ2n) is 5.66. The van der Waals surface area contributed by atoms with Gasteiger partial charge in [0, 0.05) is 25.6 Å². The Morgan fingerprint density at radius 3 is 2.32 bits per heavy atom. The third-order valence-electron chi connectivity index (χ3n) is 3.88. The summed E-state index contributed by atoms with van der Waals surface area (Å²) in [5.41, 5.74) is -0.128. The zero-order valence-corrected chi connectivity index (χ0v) is 15.3. The van der Waals surface area contributed by atoms with Crippen molar-refractivity contribution in [2.75, 3.05) is 33.9 Å². The van der Waals surface area contributed by atoms with E-state index < -0.39 is 0 Å². The van der Waals surface area contributed by atoms with Crippen LogP contribution in [-0.4, -0.2) is 56.4 Å². The number of esters is 1. The molecule has 140 valence electrons. The van der Waals surface area contributed by atoms with Gasteiger partial charge >= 0.3 is 5.97 Å². The highest BCUT2D eigenvalue weighted by Crippen LogP contribution is 2.15. The van der Waals surface area contributed by atoms with Crippen LogP contribution in [0.5, 0.6) is 0 Å². The fourth-order valence-corrected chi connectivity index (χ4v) is 2.49. The first kappa shape index (κ1) is 20.7. The van der Waals surface area contributed by atoms with Gasteiger partial charge in [-0.1, -0.05) is 0 Å². The quantitative estimate of drug-likeness (QED) is 0.226. The molecule has 0 atom stereocenters. The van der Waals surface area contributed by atoms with E-state index in [-0.39, 0.29) is 24.0 Å². The number of likely N-dealkylation sites (tertiary alicyclic amines) is 1. The number of ether oxygens (including phenoxy) is 3. The molecule has 1 aliphatic rings. The Bertz CT molecular complexity index is 534. The number of nitrogens with one attached hydrogen (secondary N) is 1. The van der Waals surface area contributed by atoms with Gasteiger partial charge in [-0.05, 0) is 38.7 Å². The molecule has 0 bridgehead atoms. The van der Waals surface area contributed by atoms with Crippen LogP contribution in [0.3, 0.4) is 0 Å². The minimum Gasteiger partial charge on any atom is -0.493 e. The number of carbonyl (C=O) groups excluding carboxylic acids is 2. The van der Waals surface area contributed by atoms with Crippen LogP contribution in [0, 0.1) is 5.41 Å². The van der Waals surface area contributed by atoms with Crippen LogP contribution in [0.1, 0.15) is 39.0 Å². The molecular formula is C18H28N2O5. The van der Waals surface area contributed by atoms with Crippen molar-refractivity contribution >= 4 is 17.6 Å². The van der Waals surface area contributed by atoms with Gasteiger partial charge in [-0.3, -0.25) is 15.0 Å². The standard InChI is InChI=1S/C18H28N2O5/c1-4-15(25-12-8-9-17(21)24-3)16(23-2)13-14(19)18(22)20-10-6-5-7-11-20/h4,13,19H,5-12H2,1-3H3/b15-4+,16-13+,19-14?. The lowest BCUT2D eigenvalue weighted by Crippen LogP contribution is -2.39. The Labute approximate surface area is 149 Å². The molecule has 7 heteroatoms. The van der Waals surface area contributed by atoms with E-state index in [1.54, 1.807) is 17.9 Å². The summed E-state index contributed by atoms with van der Waals surface area (Å²) in [7, 11) is 2.81. The van der Waals surface area contributed by atoms with E-state index in [0.717, 1.165) is 19.3 Å². The van der Waals surface area contributed by atoms with Gasteiger partial charge in [0.05, 0.1) is 20.8 Å².